The fourth-order valence-corrected chi connectivity index (χ4v) is 1.70. The van der Waals surface area contributed by atoms with Gasteiger partial charge in [0.25, 0.3) is 0 Å². The van der Waals surface area contributed by atoms with Crippen LogP contribution in [0.25, 0.3) is 5.69 Å². The van der Waals surface area contributed by atoms with Gasteiger partial charge in [-0.15, -0.1) is 0 Å². The van der Waals surface area contributed by atoms with Crippen molar-refractivity contribution in [1.82, 2.24) is 14.9 Å². The van der Waals surface area contributed by atoms with Crippen LogP contribution in [0.5, 0.6) is 0 Å². The molecule has 0 unspecified atom stereocenters. The van der Waals surface area contributed by atoms with E-state index in [4.69, 9.17) is 5.26 Å². The zero-order valence-electron chi connectivity index (χ0n) is 9.31. The number of halogens is 1. The zero-order chi connectivity index (χ0) is 12.3. The van der Waals surface area contributed by atoms with Gasteiger partial charge in [-0.1, -0.05) is 0 Å². The van der Waals surface area contributed by atoms with E-state index in [1.54, 1.807) is 30.1 Å². The van der Waals surface area contributed by atoms with Crippen LogP contribution in [0.15, 0.2) is 30.6 Å². The highest BCUT2D eigenvalue weighted by atomic mass is 19.1. The van der Waals surface area contributed by atoms with Gasteiger partial charge in [0.1, 0.15) is 11.9 Å². The molecular weight excluding hydrogens is 219 g/mol. The van der Waals surface area contributed by atoms with Crippen molar-refractivity contribution in [3.05, 3.63) is 47.8 Å². The van der Waals surface area contributed by atoms with Gasteiger partial charge >= 0.3 is 0 Å². The molecule has 2 rings (SSSR count). The van der Waals surface area contributed by atoms with Gasteiger partial charge in [-0.05, 0) is 30.8 Å². The van der Waals surface area contributed by atoms with Crippen LogP contribution in [0.4, 0.5) is 4.39 Å². The largest absolute Gasteiger partial charge is 0.316 e. The van der Waals surface area contributed by atoms with Gasteiger partial charge in [-0.2, -0.15) is 5.26 Å². The second kappa shape index (κ2) is 4.76. The molecule has 0 aliphatic carbocycles. The molecular formula is C12H11FN4. The molecule has 1 N–H and O–H groups in total. The van der Waals surface area contributed by atoms with Gasteiger partial charge in [-0.3, -0.25) is 4.57 Å². The Labute approximate surface area is 98.3 Å². The molecule has 0 atom stereocenters. The Morgan fingerprint density at radius 1 is 1.53 bits per heavy atom. The molecule has 2 aromatic rings. The Kier molecular flexibility index (Phi) is 3.17. The van der Waals surface area contributed by atoms with Gasteiger partial charge in [0.05, 0.1) is 5.69 Å². The highest BCUT2D eigenvalue weighted by molar-refractivity contribution is 5.43. The zero-order valence-corrected chi connectivity index (χ0v) is 9.31. The van der Waals surface area contributed by atoms with Crippen LogP contribution >= 0.6 is 0 Å². The molecule has 4 nitrogen and oxygen atoms in total. The number of rotatable bonds is 3. The number of nitriles is 1. The van der Waals surface area contributed by atoms with E-state index in [0.29, 0.717) is 6.54 Å². The number of aromatic nitrogens is 2. The molecule has 0 aliphatic rings. The number of nitrogens with zero attached hydrogens (tertiary/aromatic N) is 3. The summed E-state index contributed by atoms with van der Waals surface area (Å²) in [6.07, 6.45) is 3.23. The Morgan fingerprint density at radius 2 is 2.35 bits per heavy atom. The van der Waals surface area contributed by atoms with E-state index in [1.165, 1.54) is 12.1 Å². The summed E-state index contributed by atoms with van der Waals surface area (Å²) in [5.74, 6) is -0.00779. The van der Waals surface area contributed by atoms with E-state index in [9.17, 15) is 4.39 Å². The van der Waals surface area contributed by atoms with Crippen molar-refractivity contribution >= 4 is 0 Å². The van der Waals surface area contributed by atoms with Crippen molar-refractivity contribution in [3.8, 4) is 11.8 Å². The van der Waals surface area contributed by atoms with Crippen LogP contribution in [0.1, 0.15) is 11.4 Å². The molecule has 0 radical (unpaired) electrons. The summed E-state index contributed by atoms with van der Waals surface area (Å²) < 4.78 is 14.8. The molecule has 86 valence electrons. The van der Waals surface area contributed by atoms with Crippen molar-refractivity contribution in [3.63, 3.8) is 0 Å². The lowest BCUT2D eigenvalue weighted by molar-refractivity contribution is 0.623. The molecule has 0 saturated heterocycles. The van der Waals surface area contributed by atoms with Crippen molar-refractivity contribution in [2.24, 2.45) is 0 Å². The smallest absolute Gasteiger partial charge is 0.217 e. The number of hydrogen-bond acceptors (Lipinski definition) is 3. The fourth-order valence-electron chi connectivity index (χ4n) is 1.70. The Balaban J connectivity index is 2.55. The van der Waals surface area contributed by atoms with Crippen LogP contribution in [0.2, 0.25) is 0 Å². The van der Waals surface area contributed by atoms with Crippen LogP contribution in [0.3, 0.4) is 0 Å². The van der Waals surface area contributed by atoms with E-state index in [1.807, 2.05) is 6.07 Å². The summed E-state index contributed by atoms with van der Waals surface area (Å²) in [6, 6.07) is 6.46. The lowest BCUT2D eigenvalue weighted by Crippen LogP contribution is -2.10. The van der Waals surface area contributed by atoms with Gasteiger partial charge in [-0.25, -0.2) is 9.37 Å². The van der Waals surface area contributed by atoms with E-state index < -0.39 is 0 Å². The first kappa shape index (κ1) is 11.3. The summed E-state index contributed by atoms with van der Waals surface area (Å²) in [5.41, 5.74) is 1.54. The van der Waals surface area contributed by atoms with E-state index >= 15 is 0 Å². The van der Waals surface area contributed by atoms with E-state index in [0.717, 1.165) is 11.3 Å². The van der Waals surface area contributed by atoms with Crippen molar-refractivity contribution < 1.29 is 4.39 Å². The van der Waals surface area contributed by atoms with Crippen molar-refractivity contribution in [1.29, 1.82) is 5.26 Å². The van der Waals surface area contributed by atoms with Crippen LogP contribution in [0, 0.1) is 17.1 Å². The highest BCUT2D eigenvalue weighted by Crippen LogP contribution is 2.17. The molecule has 1 aromatic heterocycles. The molecule has 1 aromatic carbocycles. The normalized spacial score (nSPS) is 10.2. The quantitative estimate of drug-likeness (QED) is 0.871. The topological polar surface area (TPSA) is 53.6 Å². The minimum atomic E-state index is -0.294. The fraction of sp³-hybridized carbons (Fsp3) is 0.167. The third-order valence-electron chi connectivity index (χ3n) is 2.41. The van der Waals surface area contributed by atoms with E-state index in [2.05, 4.69) is 10.3 Å². The summed E-state index contributed by atoms with van der Waals surface area (Å²) in [4.78, 5) is 3.92. The first-order valence-electron chi connectivity index (χ1n) is 5.13. The minimum absolute atomic E-state index is 0.286. The van der Waals surface area contributed by atoms with Crippen LogP contribution in [-0.2, 0) is 6.54 Å². The summed E-state index contributed by atoms with van der Waals surface area (Å²) in [6.45, 7) is 0.524. The second-order valence-corrected chi connectivity index (χ2v) is 3.54. The van der Waals surface area contributed by atoms with Crippen LogP contribution in [-0.4, -0.2) is 16.6 Å². The number of hydrogen-bond donors (Lipinski definition) is 1. The maximum atomic E-state index is 13.2. The highest BCUT2D eigenvalue weighted by Gasteiger charge is 2.09. The third kappa shape index (κ3) is 2.17. The third-order valence-corrected chi connectivity index (χ3v) is 2.41. The predicted octanol–water partition coefficient (Wildman–Crippen LogP) is 1.60. The molecule has 0 aliphatic heterocycles. The molecule has 0 amide bonds. The molecule has 0 fully saturated rings. The second-order valence-electron chi connectivity index (χ2n) is 3.54. The first-order valence-corrected chi connectivity index (χ1v) is 5.13. The van der Waals surface area contributed by atoms with Gasteiger partial charge < -0.3 is 5.32 Å². The SMILES string of the molecule is CNCc1cc(F)ccc1-n1ccnc1C#N. The molecule has 0 spiro atoms. The van der Waals surface area contributed by atoms with Crippen molar-refractivity contribution in [2.75, 3.05) is 7.05 Å². The minimum Gasteiger partial charge on any atom is -0.316 e. The van der Waals surface area contributed by atoms with Gasteiger partial charge in [0, 0.05) is 18.9 Å². The lowest BCUT2D eigenvalue weighted by atomic mass is 10.1. The molecule has 17 heavy (non-hydrogen) atoms. The monoisotopic (exact) mass is 230 g/mol. The number of benzene rings is 1. The Morgan fingerprint density at radius 3 is 3.06 bits per heavy atom. The van der Waals surface area contributed by atoms with Gasteiger partial charge in [0.15, 0.2) is 0 Å². The summed E-state index contributed by atoms with van der Waals surface area (Å²) in [5, 5.41) is 11.9. The molecule has 0 bridgehead atoms. The van der Waals surface area contributed by atoms with Gasteiger partial charge in [0.2, 0.25) is 5.82 Å². The average Bonchev–Trinajstić information content (AvgIpc) is 2.78. The molecule has 0 saturated carbocycles. The number of nitrogens with one attached hydrogen (secondary N) is 1. The first-order chi connectivity index (χ1) is 8.26. The summed E-state index contributed by atoms with van der Waals surface area (Å²) in [7, 11) is 1.79. The van der Waals surface area contributed by atoms with Crippen LogP contribution < -0.4 is 5.32 Å². The number of imidazole rings is 1. The maximum Gasteiger partial charge on any atom is 0.217 e. The standard InChI is InChI=1S/C12H11FN4/c1-15-8-9-6-10(13)2-3-11(9)17-5-4-16-12(17)7-14/h2-6,15H,8H2,1H3. The maximum absolute atomic E-state index is 13.2. The Bertz CT molecular complexity index is 568. The Hall–Kier alpha value is -2.19. The average molecular weight is 230 g/mol. The predicted molar refractivity (Wildman–Crippen MR) is 61.0 cm³/mol. The lowest BCUT2D eigenvalue weighted by Gasteiger charge is -2.10. The summed E-state index contributed by atoms with van der Waals surface area (Å²) >= 11 is 0. The molecule has 5 heteroatoms. The van der Waals surface area contributed by atoms with Crippen molar-refractivity contribution in [2.45, 2.75) is 6.54 Å². The molecule has 1 heterocycles. The van der Waals surface area contributed by atoms with E-state index in [-0.39, 0.29) is 11.6 Å².